The summed E-state index contributed by atoms with van der Waals surface area (Å²) in [6, 6.07) is 2.03. The summed E-state index contributed by atoms with van der Waals surface area (Å²) in [6.07, 6.45) is 0.571. The molecule has 0 aliphatic carbocycles. The molecule has 1 N–H and O–H groups in total. The Kier molecular flexibility index (Phi) is 3.37. The third-order valence-corrected chi connectivity index (χ3v) is 4.08. The van der Waals surface area contributed by atoms with Crippen LogP contribution in [0.1, 0.15) is 23.6 Å². The standard InChI is InChI=1S/C10H13BrO2S/c1-6-4-7(11)8(14-6)5-10(2,3)9(12)13/h4H,5H2,1-3H3,(H,12,13). The van der Waals surface area contributed by atoms with E-state index in [0.717, 1.165) is 9.35 Å². The van der Waals surface area contributed by atoms with Gasteiger partial charge in [0.15, 0.2) is 0 Å². The van der Waals surface area contributed by atoms with Crippen LogP contribution in [0.15, 0.2) is 10.5 Å². The number of hydrogen-bond donors (Lipinski definition) is 1. The lowest BCUT2D eigenvalue weighted by Gasteiger charge is -2.17. The largest absolute Gasteiger partial charge is 0.481 e. The van der Waals surface area contributed by atoms with Crippen LogP contribution in [-0.4, -0.2) is 11.1 Å². The third-order valence-electron chi connectivity index (χ3n) is 2.06. The Morgan fingerprint density at radius 2 is 2.21 bits per heavy atom. The van der Waals surface area contributed by atoms with Gasteiger partial charge in [-0.15, -0.1) is 11.3 Å². The predicted octanol–water partition coefficient (Wildman–Crippen LogP) is 3.47. The van der Waals surface area contributed by atoms with Gasteiger partial charge in [-0.2, -0.15) is 0 Å². The van der Waals surface area contributed by atoms with Crippen molar-refractivity contribution < 1.29 is 9.90 Å². The molecular formula is C10H13BrO2S. The summed E-state index contributed by atoms with van der Waals surface area (Å²) in [7, 11) is 0. The maximum absolute atomic E-state index is 10.9. The molecule has 1 rings (SSSR count). The van der Waals surface area contributed by atoms with Crippen LogP contribution in [0.25, 0.3) is 0 Å². The highest BCUT2D eigenvalue weighted by Crippen LogP contribution is 2.33. The van der Waals surface area contributed by atoms with Gasteiger partial charge in [0.25, 0.3) is 0 Å². The van der Waals surface area contributed by atoms with Crippen LogP contribution in [0, 0.1) is 12.3 Å². The molecule has 0 saturated heterocycles. The van der Waals surface area contributed by atoms with Gasteiger partial charge in [-0.3, -0.25) is 4.79 Å². The molecule has 14 heavy (non-hydrogen) atoms. The summed E-state index contributed by atoms with van der Waals surface area (Å²) in [6.45, 7) is 5.51. The number of carboxylic acids is 1. The van der Waals surface area contributed by atoms with Gasteiger partial charge >= 0.3 is 5.97 Å². The summed E-state index contributed by atoms with van der Waals surface area (Å²) in [5.41, 5.74) is -0.695. The highest BCUT2D eigenvalue weighted by atomic mass is 79.9. The Hall–Kier alpha value is -0.350. The third kappa shape index (κ3) is 2.58. The Morgan fingerprint density at radius 1 is 1.64 bits per heavy atom. The van der Waals surface area contributed by atoms with Crippen molar-refractivity contribution in [1.29, 1.82) is 0 Å². The first-order valence-corrected chi connectivity index (χ1v) is 5.92. The van der Waals surface area contributed by atoms with Crippen LogP contribution in [0.2, 0.25) is 0 Å². The predicted molar refractivity (Wildman–Crippen MR) is 61.9 cm³/mol. The molecule has 0 aliphatic rings. The Bertz CT molecular complexity index is 355. The number of halogens is 1. The van der Waals surface area contributed by atoms with Crippen molar-refractivity contribution >= 4 is 33.2 Å². The normalized spacial score (nSPS) is 11.7. The zero-order valence-electron chi connectivity index (χ0n) is 8.43. The van der Waals surface area contributed by atoms with E-state index in [2.05, 4.69) is 15.9 Å². The second-order valence-electron chi connectivity index (χ2n) is 3.99. The maximum Gasteiger partial charge on any atom is 0.309 e. The number of carbonyl (C=O) groups is 1. The summed E-state index contributed by atoms with van der Waals surface area (Å²) < 4.78 is 1.02. The van der Waals surface area contributed by atoms with Crippen LogP contribution >= 0.6 is 27.3 Å². The molecule has 0 saturated carbocycles. The number of thiophene rings is 1. The van der Waals surface area contributed by atoms with Gasteiger partial charge in [0.2, 0.25) is 0 Å². The van der Waals surface area contributed by atoms with Crippen LogP contribution in [-0.2, 0) is 11.2 Å². The lowest BCUT2D eigenvalue weighted by Crippen LogP contribution is -2.25. The molecule has 0 atom stereocenters. The zero-order valence-corrected chi connectivity index (χ0v) is 10.8. The number of carboxylic acid groups (broad SMARTS) is 1. The summed E-state index contributed by atoms with van der Waals surface area (Å²) in [5, 5.41) is 8.99. The minimum atomic E-state index is -0.754. The second-order valence-corrected chi connectivity index (χ2v) is 6.19. The molecule has 0 aliphatic heterocycles. The van der Waals surface area contributed by atoms with Crippen molar-refractivity contribution in [3.63, 3.8) is 0 Å². The summed E-state index contributed by atoms with van der Waals surface area (Å²) in [4.78, 5) is 13.2. The van der Waals surface area contributed by atoms with Gasteiger partial charge in [0, 0.05) is 14.2 Å². The molecule has 1 heterocycles. The first-order valence-electron chi connectivity index (χ1n) is 4.31. The zero-order chi connectivity index (χ0) is 10.9. The van der Waals surface area contributed by atoms with Gasteiger partial charge in [0.1, 0.15) is 0 Å². The summed E-state index contributed by atoms with van der Waals surface area (Å²) in [5.74, 6) is -0.754. The van der Waals surface area contributed by atoms with Gasteiger partial charge < -0.3 is 5.11 Å². The van der Waals surface area contributed by atoms with E-state index in [9.17, 15) is 4.79 Å². The smallest absolute Gasteiger partial charge is 0.309 e. The van der Waals surface area contributed by atoms with E-state index in [1.54, 1.807) is 25.2 Å². The maximum atomic E-state index is 10.9. The van der Waals surface area contributed by atoms with Crippen molar-refractivity contribution in [3.05, 3.63) is 20.3 Å². The molecule has 0 unspecified atom stereocenters. The van der Waals surface area contributed by atoms with Gasteiger partial charge in [-0.1, -0.05) is 0 Å². The lowest BCUT2D eigenvalue weighted by atomic mass is 9.89. The second kappa shape index (κ2) is 4.03. The molecule has 0 amide bonds. The lowest BCUT2D eigenvalue weighted by molar-refractivity contribution is -0.146. The Morgan fingerprint density at radius 3 is 2.57 bits per heavy atom. The Labute approximate surface area is 96.1 Å². The van der Waals surface area contributed by atoms with Gasteiger partial charge in [-0.25, -0.2) is 0 Å². The highest BCUT2D eigenvalue weighted by molar-refractivity contribution is 9.10. The Balaban J connectivity index is 2.88. The highest BCUT2D eigenvalue weighted by Gasteiger charge is 2.28. The topological polar surface area (TPSA) is 37.3 Å². The molecule has 1 aromatic rings. The fourth-order valence-corrected chi connectivity index (χ4v) is 3.16. The number of rotatable bonds is 3. The van der Waals surface area contributed by atoms with E-state index in [4.69, 9.17) is 5.11 Å². The van der Waals surface area contributed by atoms with E-state index in [-0.39, 0.29) is 0 Å². The quantitative estimate of drug-likeness (QED) is 0.918. The number of aryl methyl sites for hydroxylation is 1. The molecule has 0 bridgehead atoms. The van der Waals surface area contributed by atoms with Crippen LogP contribution in [0.4, 0.5) is 0 Å². The minimum Gasteiger partial charge on any atom is -0.481 e. The van der Waals surface area contributed by atoms with Crippen molar-refractivity contribution in [3.8, 4) is 0 Å². The van der Waals surface area contributed by atoms with E-state index < -0.39 is 11.4 Å². The number of aliphatic carboxylic acids is 1. The number of hydrogen-bond acceptors (Lipinski definition) is 2. The van der Waals surface area contributed by atoms with E-state index in [1.165, 1.54) is 4.88 Å². The van der Waals surface area contributed by atoms with Crippen LogP contribution in [0.5, 0.6) is 0 Å². The van der Waals surface area contributed by atoms with E-state index in [1.807, 2.05) is 13.0 Å². The van der Waals surface area contributed by atoms with Crippen LogP contribution in [0.3, 0.4) is 0 Å². The monoisotopic (exact) mass is 276 g/mol. The molecule has 0 spiro atoms. The minimum absolute atomic E-state index is 0.571. The molecular weight excluding hydrogens is 264 g/mol. The van der Waals surface area contributed by atoms with E-state index >= 15 is 0 Å². The van der Waals surface area contributed by atoms with Crippen molar-refractivity contribution in [2.45, 2.75) is 27.2 Å². The van der Waals surface area contributed by atoms with Crippen LogP contribution < -0.4 is 0 Å². The first-order chi connectivity index (χ1) is 6.33. The van der Waals surface area contributed by atoms with Gasteiger partial charge in [0.05, 0.1) is 5.41 Å². The average molecular weight is 277 g/mol. The fraction of sp³-hybridized carbons (Fsp3) is 0.500. The molecule has 0 fully saturated rings. The first kappa shape index (κ1) is 11.7. The van der Waals surface area contributed by atoms with Crippen molar-refractivity contribution in [2.24, 2.45) is 5.41 Å². The molecule has 0 radical (unpaired) electrons. The molecule has 1 aromatic heterocycles. The summed E-state index contributed by atoms with van der Waals surface area (Å²) >= 11 is 5.08. The molecule has 4 heteroatoms. The van der Waals surface area contributed by atoms with Crippen molar-refractivity contribution in [2.75, 3.05) is 0 Å². The molecule has 78 valence electrons. The van der Waals surface area contributed by atoms with E-state index in [0.29, 0.717) is 6.42 Å². The van der Waals surface area contributed by atoms with Crippen molar-refractivity contribution in [1.82, 2.24) is 0 Å². The van der Waals surface area contributed by atoms with Gasteiger partial charge in [-0.05, 0) is 49.2 Å². The average Bonchev–Trinajstić information content (AvgIpc) is 2.29. The molecule has 2 nitrogen and oxygen atoms in total. The molecule has 0 aromatic carbocycles. The fourth-order valence-electron chi connectivity index (χ4n) is 1.13. The SMILES string of the molecule is Cc1cc(Br)c(CC(C)(C)C(=O)O)s1.